The number of aromatic nitrogens is 2. The van der Waals surface area contributed by atoms with Crippen molar-refractivity contribution in [2.45, 2.75) is 13.5 Å². The maximum atomic E-state index is 12.0. The van der Waals surface area contributed by atoms with Crippen molar-refractivity contribution in [3.8, 4) is 0 Å². The number of hydrogen-bond donors (Lipinski definition) is 1. The summed E-state index contributed by atoms with van der Waals surface area (Å²) in [5.41, 5.74) is 0.839. The van der Waals surface area contributed by atoms with Gasteiger partial charge in [0.05, 0.1) is 25.1 Å². The van der Waals surface area contributed by atoms with E-state index in [0.29, 0.717) is 25.7 Å². The first-order valence-electron chi connectivity index (χ1n) is 6.21. The molecule has 0 bridgehead atoms. The fourth-order valence-electron chi connectivity index (χ4n) is 1.91. The molecule has 1 aromatic rings. The molecule has 1 aromatic heterocycles. The number of thiol groups is 1. The van der Waals surface area contributed by atoms with E-state index in [-0.39, 0.29) is 5.56 Å². The SMILES string of the molecule is CC(CS)Cn1ncc(N2CCOCC2)cc1=O. The highest BCUT2D eigenvalue weighted by Gasteiger charge is 2.13. The Bertz CT molecular complexity index is 443. The summed E-state index contributed by atoms with van der Waals surface area (Å²) in [6.45, 7) is 5.72. The molecule has 1 saturated heterocycles. The smallest absolute Gasteiger partial charge is 0.268 e. The molecule has 0 aliphatic carbocycles. The third kappa shape index (κ3) is 3.26. The summed E-state index contributed by atoms with van der Waals surface area (Å²) in [6.07, 6.45) is 1.76. The van der Waals surface area contributed by atoms with Gasteiger partial charge in [0, 0.05) is 25.7 Å². The van der Waals surface area contributed by atoms with E-state index in [1.54, 1.807) is 12.3 Å². The zero-order valence-electron chi connectivity index (χ0n) is 10.6. The Labute approximate surface area is 112 Å². The lowest BCUT2D eigenvalue weighted by molar-refractivity contribution is 0.122. The van der Waals surface area contributed by atoms with Gasteiger partial charge in [-0.25, -0.2) is 4.68 Å². The van der Waals surface area contributed by atoms with Crippen molar-refractivity contribution in [2.75, 3.05) is 37.0 Å². The molecule has 18 heavy (non-hydrogen) atoms. The summed E-state index contributed by atoms with van der Waals surface area (Å²) in [7, 11) is 0. The fourth-order valence-corrected chi connectivity index (χ4v) is 2.02. The van der Waals surface area contributed by atoms with E-state index in [0.717, 1.165) is 24.5 Å². The van der Waals surface area contributed by atoms with Gasteiger partial charge in [0.2, 0.25) is 0 Å². The van der Waals surface area contributed by atoms with Crippen LogP contribution in [0.3, 0.4) is 0 Å². The molecule has 100 valence electrons. The van der Waals surface area contributed by atoms with E-state index in [9.17, 15) is 4.79 Å². The summed E-state index contributed by atoms with van der Waals surface area (Å²) in [6, 6.07) is 1.66. The molecule has 5 nitrogen and oxygen atoms in total. The van der Waals surface area contributed by atoms with Gasteiger partial charge in [0.1, 0.15) is 0 Å². The first-order valence-corrected chi connectivity index (χ1v) is 6.84. The second kappa shape index (κ2) is 6.24. The highest BCUT2D eigenvalue weighted by molar-refractivity contribution is 7.80. The normalized spacial score (nSPS) is 17.8. The molecule has 1 unspecified atom stereocenters. The van der Waals surface area contributed by atoms with Crippen LogP contribution >= 0.6 is 12.6 Å². The van der Waals surface area contributed by atoms with Crippen molar-refractivity contribution in [1.29, 1.82) is 0 Å². The predicted molar refractivity (Wildman–Crippen MR) is 74.5 cm³/mol. The number of rotatable bonds is 4. The Morgan fingerprint density at radius 2 is 2.22 bits per heavy atom. The Hall–Kier alpha value is -1.01. The molecule has 0 saturated carbocycles. The molecule has 1 aliphatic heterocycles. The molecular formula is C12H19N3O2S. The fraction of sp³-hybridized carbons (Fsp3) is 0.667. The van der Waals surface area contributed by atoms with Gasteiger partial charge < -0.3 is 9.64 Å². The summed E-state index contributed by atoms with van der Waals surface area (Å²) in [4.78, 5) is 14.1. The van der Waals surface area contributed by atoms with Gasteiger partial charge in [0.15, 0.2) is 0 Å². The van der Waals surface area contributed by atoms with Crippen LogP contribution in [0, 0.1) is 5.92 Å². The van der Waals surface area contributed by atoms with Crippen molar-refractivity contribution in [2.24, 2.45) is 5.92 Å². The molecule has 0 amide bonds. The molecule has 1 atom stereocenters. The first kappa shape index (κ1) is 13.4. The number of anilines is 1. The number of hydrogen-bond acceptors (Lipinski definition) is 5. The van der Waals surface area contributed by atoms with E-state index >= 15 is 0 Å². The predicted octanol–water partition coefficient (Wildman–Crippen LogP) is 0.646. The van der Waals surface area contributed by atoms with E-state index in [1.165, 1.54) is 4.68 Å². The molecule has 6 heteroatoms. The monoisotopic (exact) mass is 269 g/mol. The highest BCUT2D eigenvalue weighted by atomic mass is 32.1. The summed E-state index contributed by atoms with van der Waals surface area (Å²) < 4.78 is 6.79. The third-order valence-corrected chi connectivity index (χ3v) is 3.65. The maximum Gasteiger partial charge on any atom is 0.268 e. The molecular weight excluding hydrogens is 250 g/mol. The second-order valence-corrected chi connectivity index (χ2v) is 4.99. The van der Waals surface area contributed by atoms with E-state index in [2.05, 4.69) is 29.6 Å². The second-order valence-electron chi connectivity index (χ2n) is 4.62. The van der Waals surface area contributed by atoms with E-state index in [1.807, 2.05) is 0 Å². The van der Waals surface area contributed by atoms with Crippen molar-refractivity contribution in [1.82, 2.24) is 9.78 Å². The lowest BCUT2D eigenvalue weighted by Crippen LogP contribution is -2.37. The van der Waals surface area contributed by atoms with Crippen LogP contribution < -0.4 is 10.5 Å². The molecule has 0 spiro atoms. The van der Waals surface area contributed by atoms with Gasteiger partial charge in [-0.2, -0.15) is 17.7 Å². The van der Waals surface area contributed by atoms with Crippen molar-refractivity contribution >= 4 is 18.3 Å². The van der Waals surface area contributed by atoms with Crippen molar-refractivity contribution in [3.63, 3.8) is 0 Å². The summed E-state index contributed by atoms with van der Waals surface area (Å²) in [5.74, 6) is 1.09. The minimum atomic E-state index is -0.0485. The molecule has 0 radical (unpaired) electrons. The zero-order valence-corrected chi connectivity index (χ0v) is 11.5. The summed E-state index contributed by atoms with van der Waals surface area (Å²) in [5, 5.41) is 4.23. The average Bonchev–Trinajstić information content (AvgIpc) is 2.42. The Kier molecular flexibility index (Phi) is 4.66. The van der Waals surface area contributed by atoms with Crippen LogP contribution in [0.4, 0.5) is 5.69 Å². The Balaban J connectivity index is 2.11. The van der Waals surface area contributed by atoms with Crippen LogP contribution in [-0.2, 0) is 11.3 Å². The molecule has 1 aliphatic rings. The average molecular weight is 269 g/mol. The lowest BCUT2D eigenvalue weighted by atomic mass is 10.2. The van der Waals surface area contributed by atoms with E-state index < -0.39 is 0 Å². The van der Waals surface area contributed by atoms with Gasteiger partial charge in [0.25, 0.3) is 5.56 Å². The molecule has 2 heterocycles. The standard InChI is InChI=1S/C12H19N3O2S/c1-10(9-18)8-15-12(16)6-11(7-13-15)14-2-4-17-5-3-14/h6-7,10,18H,2-5,8-9H2,1H3. The first-order chi connectivity index (χ1) is 8.70. The Morgan fingerprint density at radius 3 is 2.83 bits per heavy atom. The molecule has 1 fully saturated rings. The van der Waals surface area contributed by atoms with Crippen LogP contribution in [0.15, 0.2) is 17.1 Å². The Morgan fingerprint density at radius 1 is 1.50 bits per heavy atom. The van der Waals surface area contributed by atoms with Gasteiger partial charge in [-0.3, -0.25) is 4.79 Å². The van der Waals surface area contributed by atoms with Gasteiger partial charge >= 0.3 is 0 Å². The lowest BCUT2D eigenvalue weighted by Gasteiger charge is -2.28. The molecule has 0 N–H and O–H groups in total. The van der Waals surface area contributed by atoms with Crippen LogP contribution in [0.5, 0.6) is 0 Å². The number of morpholine rings is 1. The van der Waals surface area contributed by atoms with Crippen LogP contribution in [0.25, 0.3) is 0 Å². The number of ether oxygens (including phenoxy) is 1. The largest absolute Gasteiger partial charge is 0.378 e. The third-order valence-electron chi connectivity index (χ3n) is 3.03. The van der Waals surface area contributed by atoms with Gasteiger partial charge in [-0.1, -0.05) is 6.92 Å². The topological polar surface area (TPSA) is 47.4 Å². The molecule has 2 rings (SSSR count). The summed E-state index contributed by atoms with van der Waals surface area (Å²) >= 11 is 4.22. The zero-order chi connectivity index (χ0) is 13.0. The molecule has 0 aromatic carbocycles. The van der Waals surface area contributed by atoms with Gasteiger partial charge in [-0.05, 0) is 11.7 Å². The van der Waals surface area contributed by atoms with Crippen molar-refractivity contribution in [3.05, 3.63) is 22.6 Å². The minimum absolute atomic E-state index is 0.0485. The van der Waals surface area contributed by atoms with Crippen LogP contribution in [-0.4, -0.2) is 41.8 Å². The van der Waals surface area contributed by atoms with Crippen LogP contribution in [0.2, 0.25) is 0 Å². The highest BCUT2D eigenvalue weighted by Crippen LogP contribution is 2.11. The van der Waals surface area contributed by atoms with Crippen LogP contribution in [0.1, 0.15) is 6.92 Å². The van der Waals surface area contributed by atoms with E-state index in [4.69, 9.17) is 4.74 Å². The number of nitrogens with zero attached hydrogens (tertiary/aromatic N) is 3. The minimum Gasteiger partial charge on any atom is -0.378 e. The quantitative estimate of drug-likeness (QED) is 0.815. The van der Waals surface area contributed by atoms with Gasteiger partial charge in [-0.15, -0.1) is 0 Å². The van der Waals surface area contributed by atoms with Crippen molar-refractivity contribution < 1.29 is 4.74 Å². The maximum absolute atomic E-state index is 12.0.